The fourth-order valence-electron chi connectivity index (χ4n) is 2.88. The quantitative estimate of drug-likeness (QED) is 0.417. The molecule has 8 heteroatoms. The highest BCUT2D eigenvalue weighted by atomic mass is 32.2. The number of nitrogens with one attached hydrogen (secondary N) is 2. The Balaban J connectivity index is 2.63. The summed E-state index contributed by atoms with van der Waals surface area (Å²) < 4.78 is 5.39. The van der Waals surface area contributed by atoms with Crippen LogP contribution in [0.3, 0.4) is 0 Å². The maximum atomic E-state index is 12.1. The van der Waals surface area contributed by atoms with E-state index >= 15 is 0 Å². The third-order valence-corrected chi connectivity index (χ3v) is 5.82. The van der Waals surface area contributed by atoms with Gasteiger partial charge in [-0.25, -0.2) is 4.79 Å². The molecule has 2 unspecified atom stereocenters. The average molecular weight is 417 g/mol. The molecule has 1 heterocycles. The van der Waals surface area contributed by atoms with Crippen LogP contribution in [0.15, 0.2) is 4.99 Å². The summed E-state index contributed by atoms with van der Waals surface area (Å²) in [7, 11) is 1.99. The standard InChI is InChI=1S/C20H40N4O3S/c1-8-21-17(22-13-20(26)10-12-28-14-20)24(7)11-9-16(15(2)3)23-18(25)27-19(4,5)6/h15-16,26H,8-14H2,1-7H3,(H,21,22)(H,23,25). The molecule has 1 rings (SSSR count). The number of amides is 1. The summed E-state index contributed by atoms with van der Waals surface area (Å²) in [6, 6.07) is 0.00981. The van der Waals surface area contributed by atoms with Crippen LogP contribution in [0, 0.1) is 5.92 Å². The number of aliphatic imine (C=N–C) groups is 1. The van der Waals surface area contributed by atoms with E-state index in [1.807, 2.05) is 34.7 Å². The normalized spacial score (nSPS) is 21.5. The molecule has 2 atom stereocenters. The maximum absolute atomic E-state index is 12.1. The van der Waals surface area contributed by atoms with E-state index in [2.05, 4.69) is 34.4 Å². The average Bonchev–Trinajstić information content (AvgIpc) is 3.00. The van der Waals surface area contributed by atoms with Crippen molar-refractivity contribution in [2.24, 2.45) is 10.9 Å². The number of aliphatic hydroxyl groups is 1. The summed E-state index contributed by atoms with van der Waals surface area (Å²) in [5, 5.41) is 16.8. The first-order valence-electron chi connectivity index (χ1n) is 10.2. The summed E-state index contributed by atoms with van der Waals surface area (Å²) >= 11 is 1.78. The smallest absolute Gasteiger partial charge is 0.407 e. The first-order valence-corrected chi connectivity index (χ1v) is 11.4. The number of guanidine groups is 1. The molecule has 0 bridgehead atoms. The largest absolute Gasteiger partial charge is 0.444 e. The van der Waals surface area contributed by atoms with Gasteiger partial charge in [0.05, 0.1) is 12.1 Å². The lowest BCUT2D eigenvalue weighted by Gasteiger charge is -2.29. The monoisotopic (exact) mass is 416 g/mol. The van der Waals surface area contributed by atoms with Crippen LogP contribution in [0.5, 0.6) is 0 Å². The van der Waals surface area contributed by atoms with Gasteiger partial charge in [-0.15, -0.1) is 0 Å². The summed E-state index contributed by atoms with van der Waals surface area (Å²) in [6.45, 7) is 13.7. The lowest BCUT2D eigenvalue weighted by Crippen LogP contribution is -2.46. The lowest BCUT2D eigenvalue weighted by molar-refractivity contribution is 0.0485. The molecule has 1 aliphatic rings. The van der Waals surface area contributed by atoms with Crippen LogP contribution in [0.1, 0.15) is 54.4 Å². The van der Waals surface area contributed by atoms with E-state index < -0.39 is 11.2 Å². The zero-order chi connectivity index (χ0) is 21.4. The molecule has 0 spiro atoms. The van der Waals surface area contributed by atoms with Crippen LogP contribution in [0.2, 0.25) is 0 Å². The fourth-order valence-corrected chi connectivity index (χ4v) is 4.17. The van der Waals surface area contributed by atoms with Gasteiger partial charge in [-0.1, -0.05) is 13.8 Å². The Morgan fingerprint density at radius 2 is 2.07 bits per heavy atom. The minimum Gasteiger partial charge on any atom is -0.444 e. The van der Waals surface area contributed by atoms with Crippen LogP contribution in [0.4, 0.5) is 4.79 Å². The van der Waals surface area contributed by atoms with Crippen LogP contribution in [-0.2, 0) is 4.74 Å². The Labute approximate surface area is 175 Å². The molecule has 1 aliphatic heterocycles. The zero-order valence-electron chi connectivity index (χ0n) is 18.7. The van der Waals surface area contributed by atoms with E-state index in [0.29, 0.717) is 6.54 Å². The van der Waals surface area contributed by atoms with Crippen molar-refractivity contribution >= 4 is 23.8 Å². The Morgan fingerprint density at radius 1 is 1.39 bits per heavy atom. The molecular weight excluding hydrogens is 376 g/mol. The van der Waals surface area contributed by atoms with Gasteiger partial charge in [0.1, 0.15) is 5.60 Å². The first-order chi connectivity index (χ1) is 13.0. The van der Waals surface area contributed by atoms with Gasteiger partial charge in [0.25, 0.3) is 0 Å². The maximum Gasteiger partial charge on any atom is 0.407 e. The van der Waals surface area contributed by atoms with Gasteiger partial charge in [-0.2, -0.15) is 11.8 Å². The number of hydrogen-bond donors (Lipinski definition) is 3. The molecule has 28 heavy (non-hydrogen) atoms. The molecule has 0 aromatic heterocycles. The minimum absolute atomic E-state index is 0.00981. The minimum atomic E-state index is -0.690. The van der Waals surface area contributed by atoms with Crippen molar-refractivity contribution in [3.05, 3.63) is 0 Å². The van der Waals surface area contributed by atoms with Crippen molar-refractivity contribution in [3.8, 4) is 0 Å². The van der Waals surface area contributed by atoms with E-state index in [1.54, 1.807) is 11.8 Å². The second kappa shape index (κ2) is 11.1. The predicted octanol–water partition coefficient (Wildman–Crippen LogP) is 2.69. The van der Waals surface area contributed by atoms with Gasteiger partial charge in [0.2, 0.25) is 0 Å². The Morgan fingerprint density at radius 3 is 2.57 bits per heavy atom. The van der Waals surface area contributed by atoms with Gasteiger partial charge < -0.3 is 25.4 Å². The third-order valence-electron chi connectivity index (χ3n) is 4.58. The van der Waals surface area contributed by atoms with Crippen molar-refractivity contribution in [3.63, 3.8) is 0 Å². The number of alkyl carbamates (subject to hydrolysis) is 1. The second-order valence-electron chi connectivity index (χ2n) is 8.90. The molecule has 1 saturated heterocycles. The van der Waals surface area contributed by atoms with Gasteiger partial charge in [-0.05, 0) is 52.2 Å². The van der Waals surface area contributed by atoms with E-state index in [-0.39, 0.29) is 18.1 Å². The van der Waals surface area contributed by atoms with Crippen molar-refractivity contribution in [2.45, 2.75) is 71.6 Å². The van der Waals surface area contributed by atoms with Crippen molar-refractivity contribution in [1.82, 2.24) is 15.5 Å². The van der Waals surface area contributed by atoms with E-state index in [9.17, 15) is 9.90 Å². The Kier molecular flexibility index (Phi) is 9.90. The molecular formula is C20H40N4O3S. The first kappa shape index (κ1) is 24.9. The zero-order valence-corrected chi connectivity index (χ0v) is 19.5. The predicted molar refractivity (Wildman–Crippen MR) is 118 cm³/mol. The van der Waals surface area contributed by atoms with Crippen LogP contribution >= 0.6 is 11.8 Å². The van der Waals surface area contributed by atoms with E-state index in [1.165, 1.54) is 0 Å². The molecule has 0 aromatic rings. The molecule has 0 aliphatic carbocycles. The highest BCUT2D eigenvalue weighted by Gasteiger charge is 2.31. The summed E-state index contributed by atoms with van der Waals surface area (Å²) in [4.78, 5) is 18.8. The molecule has 3 N–H and O–H groups in total. The van der Waals surface area contributed by atoms with Gasteiger partial charge in [0, 0.05) is 31.9 Å². The number of carbonyl (C=O) groups excluding carboxylic acids is 1. The summed E-state index contributed by atoms with van der Waals surface area (Å²) in [5.41, 5.74) is -1.20. The number of nitrogens with zero attached hydrogens (tertiary/aromatic N) is 2. The highest BCUT2D eigenvalue weighted by Crippen LogP contribution is 2.27. The second-order valence-corrected chi connectivity index (χ2v) is 10.0. The fraction of sp³-hybridized carbons (Fsp3) is 0.900. The molecule has 0 aromatic carbocycles. The lowest BCUT2D eigenvalue weighted by atomic mass is 10.0. The molecule has 7 nitrogen and oxygen atoms in total. The van der Waals surface area contributed by atoms with Crippen molar-refractivity contribution in [2.75, 3.05) is 38.2 Å². The van der Waals surface area contributed by atoms with Crippen molar-refractivity contribution < 1.29 is 14.6 Å². The SMILES string of the molecule is CCNC(=NCC1(O)CCSC1)N(C)CCC(NC(=O)OC(C)(C)C)C(C)C. The van der Waals surface area contributed by atoms with Crippen LogP contribution in [-0.4, -0.2) is 77.5 Å². The van der Waals surface area contributed by atoms with Crippen LogP contribution in [0.25, 0.3) is 0 Å². The molecule has 0 radical (unpaired) electrons. The van der Waals surface area contributed by atoms with Gasteiger partial charge in [0.15, 0.2) is 5.96 Å². The number of thioether (sulfide) groups is 1. The third kappa shape index (κ3) is 9.37. The summed E-state index contributed by atoms with van der Waals surface area (Å²) in [6.07, 6.45) is 1.19. The molecule has 1 amide bonds. The highest BCUT2D eigenvalue weighted by molar-refractivity contribution is 7.99. The van der Waals surface area contributed by atoms with E-state index in [0.717, 1.165) is 43.4 Å². The molecule has 0 saturated carbocycles. The number of carbonyl (C=O) groups is 1. The van der Waals surface area contributed by atoms with Crippen molar-refractivity contribution in [1.29, 1.82) is 0 Å². The number of rotatable bonds is 8. The topological polar surface area (TPSA) is 86.2 Å². The summed E-state index contributed by atoms with van der Waals surface area (Å²) in [5.74, 6) is 2.81. The van der Waals surface area contributed by atoms with Gasteiger partial charge >= 0.3 is 6.09 Å². The van der Waals surface area contributed by atoms with Crippen LogP contribution < -0.4 is 10.6 Å². The molecule has 164 valence electrons. The molecule has 1 fully saturated rings. The van der Waals surface area contributed by atoms with E-state index in [4.69, 9.17) is 4.74 Å². The van der Waals surface area contributed by atoms with Gasteiger partial charge in [-0.3, -0.25) is 4.99 Å². The Bertz CT molecular complexity index is 514. The Hall–Kier alpha value is -1.15. The number of hydrogen-bond acceptors (Lipinski definition) is 5. The number of ether oxygens (including phenoxy) is 1.